The monoisotopic (exact) mass is 854 g/mol. The van der Waals surface area contributed by atoms with Gasteiger partial charge in [0.05, 0.1) is 0 Å². The van der Waals surface area contributed by atoms with Crippen molar-refractivity contribution in [3.63, 3.8) is 0 Å². The summed E-state index contributed by atoms with van der Waals surface area (Å²) in [6, 6.07) is 31.3. The minimum absolute atomic E-state index is 0.00220. The summed E-state index contributed by atoms with van der Waals surface area (Å²) in [4.78, 5) is 67.5. The molecule has 0 aliphatic heterocycles. The van der Waals surface area contributed by atoms with Crippen molar-refractivity contribution in [2.45, 2.75) is 82.6 Å². The molecule has 0 saturated carbocycles. The maximum absolute atomic E-state index is 14.1. The molecule has 0 unspecified atom stereocenters. The largest absolute Gasteiger partial charge is 0.459 e. The smallest absolute Gasteiger partial charge is 0.329 e. The lowest BCUT2D eigenvalue weighted by atomic mass is 9.92. The summed E-state index contributed by atoms with van der Waals surface area (Å²) in [5.41, 5.74) is 14.8. The number of guanidine groups is 1. The van der Waals surface area contributed by atoms with Crippen LogP contribution >= 0.6 is 0 Å². The van der Waals surface area contributed by atoms with Crippen LogP contribution in [0.1, 0.15) is 56.6 Å². The number of unbranched alkanes of at least 4 members (excludes halogenated alkanes) is 1. The topological polar surface area (TPSA) is 231 Å². The molecule has 4 atom stereocenters. The van der Waals surface area contributed by atoms with Crippen LogP contribution in [0.5, 0.6) is 0 Å². The molecule has 0 aliphatic rings. The Kier molecular flexibility index (Phi) is 17.8. The van der Waals surface area contributed by atoms with Crippen LogP contribution in [0.25, 0.3) is 32.7 Å². The van der Waals surface area contributed by atoms with E-state index in [0.29, 0.717) is 25.8 Å². The lowest BCUT2D eigenvalue weighted by Crippen LogP contribution is -2.58. The fraction of sp³-hybridized carbons (Fsp3) is 0.306. The van der Waals surface area contributed by atoms with Crippen molar-refractivity contribution in [3.8, 4) is 11.1 Å². The van der Waals surface area contributed by atoms with Crippen molar-refractivity contribution < 1.29 is 28.7 Å². The van der Waals surface area contributed by atoms with Crippen LogP contribution in [0.4, 0.5) is 0 Å². The third kappa shape index (κ3) is 14.0. The molecule has 0 aromatic heterocycles. The molecule has 4 amide bonds. The number of nitrogens with two attached hydrogens (primary N) is 2. The number of fused-ring (bicyclic) bond motifs is 3. The van der Waals surface area contributed by atoms with Gasteiger partial charge in [0.1, 0.15) is 30.8 Å². The summed E-state index contributed by atoms with van der Waals surface area (Å²) in [6.45, 7) is 5.63. The first-order valence-corrected chi connectivity index (χ1v) is 21.2. The number of carbonyl (C=O) groups excluding carboxylic acids is 5. The minimum atomic E-state index is -1.15. The van der Waals surface area contributed by atoms with Crippen molar-refractivity contribution in [1.29, 1.82) is 5.41 Å². The zero-order valence-corrected chi connectivity index (χ0v) is 35.7. The SMILES string of the molecule is C=CC[C@H](NC(=O)[C@@H](CCCNC(=N)N)NC(=O)[C@@H](CCCCN)NC(=O)[C@H](Cc1ccc(-c2cc3ccccc3c3ccccc23)cc1)NC(C)=O)C(=O)OCc1ccccc1. The molecule has 0 radical (unpaired) electrons. The Morgan fingerprint density at radius 2 is 1.27 bits per heavy atom. The first-order valence-electron chi connectivity index (χ1n) is 21.2. The number of amides is 4. The molecule has 330 valence electrons. The Hall–Kier alpha value is -7.06. The van der Waals surface area contributed by atoms with Crippen LogP contribution < -0.4 is 38.1 Å². The van der Waals surface area contributed by atoms with Gasteiger partial charge in [0, 0.05) is 19.9 Å². The summed E-state index contributed by atoms with van der Waals surface area (Å²) >= 11 is 0. The fourth-order valence-electron chi connectivity index (χ4n) is 7.39. The Morgan fingerprint density at radius 3 is 1.90 bits per heavy atom. The second-order valence-corrected chi connectivity index (χ2v) is 15.4. The van der Waals surface area contributed by atoms with Crippen molar-refractivity contribution in [1.82, 2.24) is 26.6 Å². The van der Waals surface area contributed by atoms with Crippen LogP contribution in [0.2, 0.25) is 0 Å². The number of hydrogen-bond acceptors (Lipinski definition) is 8. The van der Waals surface area contributed by atoms with E-state index in [1.165, 1.54) is 18.4 Å². The van der Waals surface area contributed by atoms with Gasteiger partial charge in [-0.25, -0.2) is 4.79 Å². The zero-order valence-electron chi connectivity index (χ0n) is 35.7. The molecule has 0 fully saturated rings. The Labute approximate surface area is 368 Å². The van der Waals surface area contributed by atoms with E-state index in [-0.39, 0.29) is 44.8 Å². The molecular weight excluding hydrogens is 797 g/mol. The van der Waals surface area contributed by atoms with Crippen LogP contribution in [0, 0.1) is 5.41 Å². The molecule has 63 heavy (non-hydrogen) atoms. The summed E-state index contributed by atoms with van der Waals surface area (Å²) < 4.78 is 5.49. The van der Waals surface area contributed by atoms with Crippen LogP contribution in [0.3, 0.4) is 0 Å². The number of ether oxygens (including phenoxy) is 1. The van der Waals surface area contributed by atoms with Gasteiger partial charge in [-0.1, -0.05) is 109 Å². The number of hydrogen-bond donors (Lipinski definition) is 8. The standard InChI is InChI=1S/C49H58N8O6/c1-3-14-43(48(62)63-31-34-15-5-4-6-16-34)57-46(60)42(22-13-28-53-49(51)52)55-45(59)41(21-11-12-27-50)56-47(61)44(54-32(2)58)29-33-23-25-35(26-24-33)40-30-36-17-7-8-18-37(36)38-19-9-10-20-39(38)40/h3-10,15-20,23-26,30,41-44H,1,11-14,21-22,27-29,31,50H2,2H3,(H,54,58)(H,55,59)(H,56,61)(H,57,60)(H4,51,52,53)/t41-,42-,43+,44+/m1/s1. The Morgan fingerprint density at radius 1 is 0.683 bits per heavy atom. The van der Waals surface area contributed by atoms with Gasteiger partial charge in [-0.3, -0.25) is 24.6 Å². The van der Waals surface area contributed by atoms with Gasteiger partial charge in [0.2, 0.25) is 23.6 Å². The molecule has 14 heteroatoms. The lowest BCUT2D eigenvalue weighted by molar-refractivity contribution is -0.149. The normalized spacial score (nSPS) is 12.9. The van der Waals surface area contributed by atoms with E-state index in [2.05, 4.69) is 63.5 Å². The maximum Gasteiger partial charge on any atom is 0.329 e. The highest BCUT2D eigenvalue weighted by atomic mass is 16.5. The predicted octanol–water partition coefficient (Wildman–Crippen LogP) is 4.87. The zero-order chi connectivity index (χ0) is 45.1. The molecule has 0 bridgehead atoms. The lowest BCUT2D eigenvalue weighted by Gasteiger charge is -2.26. The third-order valence-corrected chi connectivity index (χ3v) is 10.6. The fourth-order valence-corrected chi connectivity index (χ4v) is 7.39. The predicted molar refractivity (Wildman–Crippen MR) is 247 cm³/mol. The van der Waals surface area contributed by atoms with E-state index in [9.17, 15) is 24.0 Å². The quantitative estimate of drug-likeness (QED) is 0.0112. The van der Waals surface area contributed by atoms with Gasteiger partial charge < -0.3 is 42.8 Å². The molecule has 14 nitrogen and oxygen atoms in total. The second-order valence-electron chi connectivity index (χ2n) is 15.4. The van der Waals surface area contributed by atoms with Crippen molar-refractivity contribution in [2.24, 2.45) is 11.5 Å². The molecule has 5 aromatic carbocycles. The first-order chi connectivity index (χ1) is 30.5. The average molecular weight is 855 g/mol. The molecule has 0 heterocycles. The van der Waals surface area contributed by atoms with E-state index >= 15 is 0 Å². The van der Waals surface area contributed by atoms with Gasteiger partial charge in [-0.2, -0.15) is 0 Å². The highest BCUT2D eigenvalue weighted by Gasteiger charge is 2.31. The number of nitrogens with one attached hydrogen (secondary N) is 6. The molecule has 0 spiro atoms. The van der Waals surface area contributed by atoms with Gasteiger partial charge in [0.15, 0.2) is 5.96 Å². The highest BCUT2D eigenvalue weighted by molar-refractivity contribution is 6.13. The van der Waals surface area contributed by atoms with E-state index < -0.39 is 53.8 Å². The van der Waals surface area contributed by atoms with E-state index in [4.69, 9.17) is 21.6 Å². The van der Waals surface area contributed by atoms with Crippen molar-refractivity contribution in [3.05, 3.63) is 133 Å². The molecular formula is C49H58N8O6. The summed E-state index contributed by atoms with van der Waals surface area (Å²) in [7, 11) is 0. The van der Waals surface area contributed by atoms with E-state index in [1.807, 2.05) is 78.9 Å². The molecule has 0 saturated heterocycles. The van der Waals surface area contributed by atoms with Crippen molar-refractivity contribution >= 4 is 57.1 Å². The van der Waals surface area contributed by atoms with E-state index in [0.717, 1.165) is 38.4 Å². The second kappa shape index (κ2) is 23.8. The van der Waals surface area contributed by atoms with Crippen LogP contribution in [0.15, 0.2) is 122 Å². The summed E-state index contributed by atoms with van der Waals surface area (Å²) in [5, 5.41) is 25.8. The maximum atomic E-state index is 14.1. The Bertz CT molecular complexity index is 2370. The van der Waals surface area contributed by atoms with Crippen LogP contribution in [-0.2, 0) is 41.7 Å². The Balaban J connectivity index is 1.31. The molecule has 10 N–H and O–H groups in total. The van der Waals surface area contributed by atoms with Gasteiger partial charge in [0.25, 0.3) is 0 Å². The third-order valence-electron chi connectivity index (χ3n) is 10.6. The van der Waals surface area contributed by atoms with Crippen molar-refractivity contribution in [2.75, 3.05) is 13.1 Å². The summed E-state index contributed by atoms with van der Waals surface area (Å²) in [6.07, 6.45) is 3.35. The number of carbonyl (C=O) groups is 5. The minimum Gasteiger partial charge on any atom is -0.459 e. The molecule has 5 aromatic rings. The van der Waals surface area contributed by atoms with Gasteiger partial charge >= 0.3 is 5.97 Å². The number of esters is 1. The average Bonchev–Trinajstić information content (AvgIpc) is 3.28. The van der Waals surface area contributed by atoms with Crippen LogP contribution in [-0.4, -0.2) is 72.8 Å². The number of benzene rings is 5. The summed E-state index contributed by atoms with van der Waals surface area (Å²) in [5.74, 6) is -3.23. The van der Waals surface area contributed by atoms with Gasteiger partial charge in [-0.05, 0) is 94.9 Å². The molecule has 0 aliphatic carbocycles. The number of rotatable bonds is 23. The van der Waals surface area contributed by atoms with Gasteiger partial charge in [-0.15, -0.1) is 6.58 Å². The van der Waals surface area contributed by atoms with E-state index in [1.54, 1.807) is 0 Å². The highest BCUT2D eigenvalue weighted by Crippen LogP contribution is 2.35. The first kappa shape index (κ1) is 47.0. The molecule has 5 rings (SSSR count).